The van der Waals surface area contributed by atoms with Crippen LogP contribution in [0.15, 0.2) is 54.7 Å². The minimum Gasteiger partial charge on any atom is -0.366 e. The Morgan fingerprint density at radius 1 is 1.00 bits per heavy atom. The highest BCUT2D eigenvalue weighted by Crippen LogP contribution is 2.32. The monoisotopic (exact) mass is 509 g/mol. The molecule has 0 unspecified atom stereocenters. The van der Waals surface area contributed by atoms with Crippen LogP contribution in [-0.2, 0) is 19.5 Å². The van der Waals surface area contributed by atoms with Gasteiger partial charge in [-0.15, -0.1) is 0 Å². The number of benzene rings is 2. The van der Waals surface area contributed by atoms with Crippen molar-refractivity contribution in [3.63, 3.8) is 0 Å². The predicted molar refractivity (Wildman–Crippen MR) is 138 cm³/mol. The molecule has 3 aromatic rings. The number of aromatic nitrogens is 1. The van der Waals surface area contributed by atoms with Crippen molar-refractivity contribution in [2.45, 2.75) is 45.2 Å². The number of nitrogens with zero attached hydrogens (tertiary/aromatic N) is 3. The van der Waals surface area contributed by atoms with Crippen LogP contribution in [0.3, 0.4) is 0 Å². The van der Waals surface area contributed by atoms with Crippen molar-refractivity contribution in [2.24, 2.45) is 5.92 Å². The highest BCUT2D eigenvalue weighted by molar-refractivity contribution is 6.31. The minimum atomic E-state index is -0.637. The third-order valence-electron chi connectivity index (χ3n) is 7.37. The third-order valence-corrected chi connectivity index (χ3v) is 7.78. The summed E-state index contributed by atoms with van der Waals surface area (Å²) in [5, 5.41) is -0.194. The molecule has 0 amide bonds. The second kappa shape index (κ2) is 11.1. The molecule has 5 rings (SSSR count). The van der Waals surface area contributed by atoms with Crippen LogP contribution in [0, 0.1) is 17.6 Å². The molecule has 0 saturated carbocycles. The first kappa shape index (κ1) is 24.8. The Bertz CT molecular complexity index is 1230. The quantitative estimate of drug-likeness (QED) is 0.271. The maximum atomic E-state index is 14.4. The molecular formula is C29H30ClF2N3O. The Hall–Kier alpha value is -2.83. The first-order valence-electron chi connectivity index (χ1n) is 12.6. The Morgan fingerprint density at radius 3 is 2.53 bits per heavy atom. The summed E-state index contributed by atoms with van der Waals surface area (Å²) in [6.07, 6.45) is 5.82. The number of ketones is 1. The zero-order valence-corrected chi connectivity index (χ0v) is 21.0. The van der Waals surface area contributed by atoms with Gasteiger partial charge in [0.05, 0.1) is 16.4 Å². The molecule has 0 aliphatic carbocycles. The van der Waals surface area contributed by atoms with Crippen LogP contribution in [0.2, 0.25) is 5.02 Å². The standard InChI is InChI=1S/C29H30ClF2N3O/c30-29-23(24(31)8-9-25(29)32)19-35-12-4-7-26-27(35)16-22(17-33-26)28(36)15-20-10-13-34(14-11-20)18-21-5-2-1-3-6-21/h1-3,5-6,8-9,16-17,20H,4,7,10-15,18-19H2. The number of piperidine rings is 1. The maximum absolute atomic E-state index is 14.4. The Balaban J connectivity index is 1.24. The number of hydrogen-bond donors (Lipinski definition) is 0. The predicted octanol–water partition coefficient (Wildman–Crippen LogP) is 6.45. The van der Waals surface area contributed by atoms with Crippen LogP contribution in [-0.4, -0.2) is 35.3 Å². The van der Waals surface area contributed by atoms with Gasteiger partial charge in [-0.3, -0.25) is 14.7 Å². The number of anilines is 1. The summed E-state index contributed by atoms with van der Waals surface area (Å²) < 4.78 is 28.4. The number of fused-ring (bicyclic) bond motifs is 1. The lowest BCUT2D eigenvalue weighted by Gasteiger charge is -2.32. The second-order valence-electron chi connectivity index (χ2n) is 9.87. The third kappa shape index (κ3) is 5.60. The fraction of sp³-hybridized carbons (Fsp3) is 0.379. The van der Waals surface area contributed by atoms with E-state index in [0.29, 0.717) is 24.4 Å². The van der Waals surface area contributed by atoms with E-state index in [1.165, 1.54) is 5.56 Å². The molecule has 0 N–H and O–H groups in total. The van der Waals surface area contributed by atoms with Gasteiger partial charge in [0.25, 0.3) is 0 Å². The van der Waals surface area contributed by atoms with Crippen molar-refractivity contribution in [1.29, 1.82) is 0 Å². The molecule has 36 heavy (non-hydrogen) atoms. The summed E-state index contributed by atoms with van der Waals surface area (Å²) >= 11 is 6.08. The van der Waals surface area contributed by atoms with Crippen LogP contribution in [0.5, 0.6) is 0 Å². The smallest absolute Gasteiger partial charge is 0.164 e. The summed E-state index contributed by atoms with van der Waals surface area (Å²) in [5.41, 5.74) is 3.71. The van der Waals surface area contributed by atoms with Gasteiger partial charge >= 0.3 is 0 Å². The molecule has 4 nitrogen and oxygen atoms in total. The van der Waals surface area contributed by atoms with Gasteiger partial charge in [-0.2, -0.15) is 0 Å². The fourth-order valence-electron chi connectivity index (χ4n) is 5.30. The van der Waals surface area contributed by atoms with E-state index < -0.39 is 11.6 Å². The molecule has 0 atom stereocenters. The topological polar surface area (TPSA) is 36.4 Å². The average molecular weight is 510 g/mol. The molecular weight excluding hydrogens is 480 g/mol. The SMILES string of the molecule is O=C(CC1CCN(Cc2ccccc2)CC1)c1cnc2c(c1)N(Cc1c(F)ccc(F)c1Cl)CCC2. The van der Waals surface area contributed by atoms with Crippen molar-refractivity contribution < 1.29 is 13.6 Å². The highest BCUT2D eigenvalue weighted by atomic mass is 35.5. The molecule has 1 saturated heterocycles. The van der Waals surface area contributed by atoms with Gasteiger partial charge in [0, 0.05) is 43.4 Å². The molecule has 188 valence electrons. The van der Waals surface area contributed by atoms with E-state index in [-0.39, 0.29) is 22.9 Å². The van der Waals surface area contributed by atoms with E-state index in [4.69, 9.17) is 11.6 Å². The lowest BCUT2D eigenvalue weighted by atomic mass is 9.89. The molecule has 0 radical (unpaired) electrons. The van der Waals surface area contributed by atoms with E-state index >= 15 is 0 Å². The summed E-state index contributed by atoms with van der Waals surface area (Å²) in [4.78, 5) is 22.2. The number of likely N-dealkylation sites (tertiary alicyclic amines) is 1. The number of pyridine rings is 1. The number of hydrogen-bond acceptors (Lipinski definition) is 4. The number of carbonyl (C=O) groups excluding carboxylic acids is 1. The first-order valence-corrected chi connectivity index (χ1v) is 13.0. The van der Waals surface area contributed by atoms with E-state index in [2.05, 4.69) is 34.1 Å². The Labute approximate surface area is 215 Å². The lowest BCUT2D eigenvalue weighted by Crippen LogP contribution is -2.34. The molecule has 2 aliphatic heterocycles. The molecule has 3 heterocycles. The largest absolute Gasteiger partial charge is 0.366 e. The summed E-state index contributed by atoms with van der Waals surface area (Å²) in [6, 6.07) is 14.5. The zero-order chi connectivity index (χ0) is 25.1. The van der Waals surface area contributed by atoms with Crippen molar-refractivity contribution in [1.82, 2.24) is 9.88 Å². The summed E-state index contributed by atoms with van der Waals surface area (Å²) in [5.74, 6) is -0.723. The van der Waals surface area contributed by atoms with Gasteiger partial charge in [-0.1, -0.05) is 41.9 Å². The van der Waals surface area contributed by atoms with Gasteiger partial charge < -0.3 is 4.90 Å². The van der Waals surface area contributed by atoms with Gasteiger partial charge in [-0.05, 0) is 68.5 Å². The van der Waals surface area contributed by atoms with Crippen molar-refractivity contribution in [3.8, 4) is 0 Å². The zero-order valence-electron chi connectivity index (χ0n) is 20.2. The van der Waals surface area contributed by atoms with Crippen LogP contribution in [0.4, 0.5) is 14.5 Å². The highest BCUT2D eigenvalue weighted by Gasteiger charge is 2.25. The number of carbonyl (C=O) groups is 1. The normalized spacial score (nSPS) is 16.7. The molecule has 1 fully saturated rings. The van der Waals surface area contributed by atoms with E-state index in [1.807, 2.05) is 17.0 Å². The van der Waals surface area contributed by atoms with E-state index in [9.17, 15) is 13.6 Å². The average Bonchev–Trinajstić information content (AvgIpc) is 2.90. The molecule has 2 aliphatic rings. The van der Waals surface area contributed by atoms with Gasteiger partial charge in [0.1, 0.15) is 11.6 Å². The lowest BCUT2D eigenvalue weighted by molar-refractivity contribution is 0.0924. The van der Waals surface area contributed by atoms with E-state index in [1.54, 1.807) is 6.20 Å². The van der Waals surface area contributed by atoms with Crippen molar-refractivity contribution in [3.05, 3.63) is 93.8 Å². The minimum absolute atomic E-state index is 0.0901. The number of halogens is 3. The van der Waals surface area contributed by atoms with Crippen LogP contribution < -0.4 is 4.90 Å². The number of Topliss-reactive ketones (excluding diaryl/α,β-unsaturated/α-hetero) is 1. The second-order valence-corrected chi connectivity index (χ2v) is 10.2. The summed E-state index contributed by atoms with van der Waals surface area (Å²) in [7, 11) is 0. The first-order chi connectivity index (χ1) is 17.5. The number of aryl methyl sites for hydroxylation is 1. The molecule has 2 aromatic carbocycles. The van der Waals surface area contributed by atoms with Crippen LogP contribution >= 0.6 is 11.6 Å². The maximum Gasteiger partial charge on any atom is 0.164 e. The van der Waals surface area contributed by atoms with Gasteiger partial charge in [0.2, 0.25) is 0 Å². The van der Waals surface area contributed by atoms with E-state index in [0.717, 1.165) is 68.8 Å². The van der Waals surface area contributed by atoms with Gasteiger partial charge in [0.15, 0.2) is 5.78 Å². The van der Waals surface area contributed by atoms with Crippen molar-refractivity contribution in [2.75, 3.05) is 24.5 Å². The Kier molecular flexibility index (Phi) is 7.63. The van der Waals surface area contributed by atoms with Crippen LogP contribution in [0.25, 0.3) is 0 Å². The molecule has 7 heteroatoms. The molecule has 0 bridgehead atoms. The molecule has 1 aromatic heterocycles. The summed E-state index contributed by atoms with van der Waals surface area (Å²) in [6.45, 7) is 3.72. The fourth-order valence-corrected chi connectivity index (χ4v) is 5.51. The van der Waals surface area contributed by atoms with Crippen LogP contribution in [0.1, 0.15) is 52.9 Å². The van der Waals surface area contributed by atoms with Gasteiger partial charge in [-0.25, -0.2) is 8.78 Å². The Morgan fingerprint density at radius 2 is 1.75 bits per heavy atom. The van der Waals surface area contributed by atoms with Crippen molar-refractivity contribution >= 4 is 23.1 Å². The number of rotatable bonds is 7. The molecule has 0 spiro atoms.